The Hall–Kier alpha value is -1.59. The van der Waals surface area contributed by atoms with Gasteiger partial charge in [0.2, 0.25) is 5.91 Å². The SMILES string of the molecule is O=C(NN1CCCCC1)c1ccc(Cl)c(N2CCCC2=O)c1. The minimum Gasteiger partial charge on any atom is -0.311 e. The number of hydrogen-bond donors (Lipinski definition) is 1. The zero-order valence-electron chi connectivity index (χ0n) is 12.5. The molecule has 1 aromatic carbocycles. The van der Waals surface area contributed by atoms with Crippen LogP contribution in [-0.2, 0) is 4.79 Å². The number of nitrogens with one attached hydrogen (secondary N) is 1. The highest BCUT2D eigenvalue weighted by atomic mass is 35.5. The van der Waals surface area contributed by atoms with E-state index in [0.29, 0.717) is 29.2 Å². The number of rotatable bonds is 3. The molecule has 3 rings (SSSR count). The highest BCUT2D eigenvalue weighted by Gasteiger charge is 2.24. The van der Waals surface area contributed by atoms with Crippen LogP contribution in [0.5, 0.6) is 0 Å². The lowest BCUT2D eigenvalue weighted by atomic mass is 10.1. The lowest BCUT2D eigenvalue weighted by Gasteiger charge is -2.27. The van der Waals surface area contributed by atoms with E-state index in [1.54, 1.807) is 23.1 Å². The van der Waals surface area contributed by atoms with E-state index in [0.717, 1.165) is 32.4 Å². The standard InChI is InChI=1S/C16H20ClN3O2/c17-13-7-6-12(11-14(13)20-10-4-5-15(20)21)16(22)18-19-8-2-1-3-9-19/h6-7,11H,1-5,8-10H2,(H,18,22). The van der Waals surface area contributed by atoms with Gasteiger partial charge in [0, 0.05) is 31.6 Å². The predicted octanol–water partition coefficient (Wildman–Crippen LogP) is 2.60. The topological polar surface area (TPSA) is 52.7 Å². The Labute approximate surface area is 135 Å². The van der Waals surface area contributed by atoms with Crippen molar-refractivity contribution in [2.24, 2.45) is 0 Å². The molecule has 6 heteroatoms. The molecule has 2 heterocycles. The van der Waals surface area contributed by atoms with Crippen molar-refractivity contribution in [2.75, 3.05) is 24.5 Å². The summed E-state index contributed by atoms with van der Waals surface area (Å²) in [4.78, 5) is 25.9. The van der Waals surface area contributed by atoms with Crippen molar-refractivity contribution in [1.29, 1.82) is 0 Å². The predicted molar refractivity (Wildman–Crippen MR) is 85.9 cm³/mol. The van der Waals surface area contributed by atoms with Crippen molar-refractivity contribution in [3.8, 4) is 0 Å². The van der Waals surface area contributed by atoms with Crippen molar-refractivity contribution >= 4 is 29.1 Å². The highest BCUT2D eigenvalue weighted by Crippen LogP contribution is 2.30. The van der Waals surface area contributed by atoms with Crippen LogP contribution in [0, 0.1) is 0 Å². The number of carbonyl (C=O) groups is 2. The van der Waals surface area contributed by atoms with E-state index in [-0.39, 0.29) is 11.8 Å². The summed E-state index contributed by atoms with van der Waals surface area (Å²) in [7, 11) is 0. The zero-order valence-corrected chi connectivity index (χ0v) is 13.2. The van der Waals surface area contributed by atoms with Crippen LogP contribution in [0.4, 0.5) is 5.69 Å². The fourth-order valence-electron chi connectivity index (χ4n) is 2.98. The van der Waals surface area contributed by atoms with E-state index in [1.807, 2.05) is 5.01 Å². The minimum absolute atomic E-state index is 0.0653. The zero-order chi connectivity index (χ0) is 15.5. The molecule has 118 valence electrons. The van der Waals surface area contributed by atoms with Crippen LogP contribution in [0.1, 0.15) is 42.5 Å². The lowest BCUT2D eigenvalue weighted by molar-refractivity contribution is -0.117. The van der Waals surface area contributed by atoms with Crippen LogP contribution in [0.15, 0.2) is 18.2 Å². The number of carbonyl (C=O) groups excluding carboxylic acids is 2. The number of amides is 2. The first-order valence-electron chi connectivity index (χ1n) is 7.81. The summed E-state index contributed by atoms with van der Waals surface area (Å²) in [5.74, 6) is -0.0815. The summed E-state index contributed by atoms with van der Waals surface area (Å²) in [5, 5.41) is 2.46. The van der Waals surface area contributed by atoms with Gasteiger partial charge in [-0.1, -0.05) is 18.0 Å². The summed E-state index contributed by atoms with van der Waals surface area (Å²) in [6.45, 7) is 2.43. The maximum atomic E-state index is 12.4. The van der Waals surface area contributed by atoms with Crippen LogP contribution < -0.4 is 10.3 Å². The van der Waals surface area contributed by atoms with Gasteiger partial charge in [-0.3, -0.25) is 15.0 Å². The van der Waals surface area contributed by atoms with Gasteiger partial charge in [-0.2, -0.15) is 0 Å². The van der Waals surface area contributed by atoms with Gasteiger partial charge in [-0.05, 0) is 37.5 Å². The van der Waals surface area contributed by atoms with Gasteiger partial charge < -0.3 is 4.90 Å². The molecule has 2 fully saturated rings. The number of anilines is 1. The molecule has 0 aromatic heterocycles. The molecule has 1 N–H and O–H groups in total. The summed E-state index contributed by atoms with van der Waals surface area (Å²) in [6, 6.07) is 5.10. The number of piperidine rings is 1. The van der Waals surface area contributed by atoms with Gasteiger partial charge in [0.25, 0.3) is 5.91 Å². The Morgan fingerprint density at radius 1 is 1.09 bits per heavy atom. The molecule has 0 spiro atoms. The molecule has 2 aliphatic rings. The van der Waals surface area contributed by atoms with Crippen molar-refractivity contribution < 1.29 is 9.59 Å². The fraction of sp³-hybridized carbons (Fsp3) is 0.500. The van der Waals surface area contributed by atoms with Gasteiger partial charge in [0.1, 0.15) is 0 Å². The third-order valence-corrected chi connectivity index (χ3v) is 4.51. The Balaban J connectivity index is 1.76. The molecule has 0 unspecified atom stereocenters. The van der Waals surface area contributed by atoms with Crippen LogP contribution >= 0.6 is 11.6 Å². The smallest absolute Gasteiger partial charge is 0.265 e. The first-order chi connectivity index (χ1) is 10.6. The minimum atomic E-state index is -0.147. The van der Waals surface area contributed by atoms with Gasteiger partial charge in [0.05, 0.1) is 10.7 Å². The van der Waals surface area contributed by atoms with Crippen LogP contribution in [0.25, 0.3) is 0 Å². The quantitative estimate of drug-likeness (QED) is 0.931. The van der Waals surface area contributed by atoms with Gasteiger partial charge >= 0.3 is 0 Å². The van der Waals surface area contributed by atoms with Gasteiger partial charge in [0.15, 0.2) is 0 Å². The monoisotopic (exact) mass is 321 g/mol. The first kappa shape index (κ1) is 15.3. The average molecular weight is 322 g/mol. The molecule has 1 aromatic rings. The summed E-state index contributed by atoms with van der Waals surface area (Å²) >= 11 is 6.20. The summed E-state index contributed by atoms with van der Waals surface area (Å²) < 4.78 is 0. The maximum absolute atomic E-state index is 12.4. The first-order valence-corrected chi connectivity index (χ1v) is 8.19. The van der Waals surface area contributed by atoms with E-state index in [1.165, 1.54) is 6.42 Å². The van der Waals surface area contributed by atoms with E-state index in [9.17, 15) is 9.59 Å². The molecule has 0 aliphatic carbocycles. The molecule has 0 bridgehead atoms. The fourth-order valence-corrected chi connectivity index (χ4v) is 3.20. The third kappa shape index (κ3) is 3.25. The summed E-state index contributed by atoms with van der Waals surface area (Å²) in [6.07, 6.45) is 4.80. The molecule has 0 atom stereocenters. The van der Waals surface area contributed by atoms with Crippen molar-refractivity contribution in [3.05, 3.63) is 28.8 Å². The molecular formula is C16H20ClN3O2. The van der Waals surface area contributed by atoms with Crippen molar-refractivity contribution in [1.82, 2.24) is 10.4 Å². The lowest BCUT2D eigenvalue weighted by Crippen LogP contribution is -2.45. The molecule has 2 amide bonds. The Kier molecular flexibility index (Phi) is 4.64. The maximum Gasteiger partial charge on any atom is 0.265 e. The number of benzene rings is 1. The number of halogens is 1. The second-order valence-electron chi connectivity index (χ2n) is 5.80. The normalized spacial score (nSPS) is 19.5. The van der Waals surface area contributed by atoms with E-state index >= 15 is 0 Å². The molecule has 22 heavy (non-hydrogen) atoms. The van der Waals surface area contributed by atoms with Crippen molar-refractivity contribution in [2.45, 2.75) is 32.1 Å². The number of hydrogen-bond acceptors (Lipinski definition) is 3. The highest BCUT2D eigenvalue weighted by molar-refractivity contribution is 6.34. The van der Waals surface area contributed by atoms with E-state index in [2.05, 4.69) is 5.43 Å². The van der Waals surface area contributed by atoms with Crippen LogP contribution in [-0.4, -0.2) is 36.5 Å². The largest absolute Gasteiger partial charge is 0.311 e. The Bertz CT molecular complexity index is 585. The summed E-state index contributed by atoms with van der Waals surface area (Å²) in [5.41, 5.74) is 4.10. The van der Waals surface area contributed by atoms with Crippen LogP contribution in [0.3, 0.4) is 0 Å². The van der Waals surface area contributed by atoms with E-state index < -0.39 is 0 Å². The second-order valence-corrected chi connectivity index (χ2v) is 6.21. The molecular weight excluding hydrogens is 302 g/mol. The molecule has 2 saturated heterocycles. The van der Waals surface area contributed by atoms with Crippen LogP contribution in [0.2, 0.25) is 5.02 Å². The number of nitrogens with zero attached hydrogens (tertiary/aromatic N) is 2. The number of hydrazine groups is 1. The third-order valence-electron chi connectivity index (χ3n) is 4.19. The average Bonchev–Trinajstić information content (AvgIpc) is 2.94. The van der Waals surface area contributed by atoms with Gasteiger partial charge in [-0.25, -0.2) is 5.01 Å². The molecule has 0 saturated carbocycles. The Morgan fingerprint density at radius 3 is 2.55 bits per heavy atom. The molecule has 2 aliphatic heterocycles. The molecule has 0 radical (unpaired) electrons. The Morgan fingerprint density at radius 2 is 1.86 bits per heavy atom. The second kappa shape index (κ2) is 6.67. The van der Waals surface area contributed by atoms with E-state index in [4.69, 9.17) is 11.6 Å². The van der Waals surface area contributed by atoms with Gasteiger partial charge in [-0.15, -0.1) is 0 Å². The van der Waals surface area contributed by atoms with Crippen molar-refractivity contribution in [3.63, 3.8) is 0 Å². The molecule has 5 nitrogen and oxygen atoms in total.